The zero-order chi connectivity index (χ0) is 11.4. The van der Waals surface area contributed by atoms with Crippen molar-refractivity contribution in [1.82, 2.24) is 25.4 Å². The molecule has 16 heavy (non-hydrogen) atoms. The van der Waals surface area contributed by atoms with Gasteiger partial charge in [-0.3, -0.25) is 4.68 Å². The molecule has 5 nitrogen and oxygen atoms in total. The van der Waals surface area contributed by atoms with Crippen LogP contribution in [0.5, 0.6) is 0 Å². The van der Waals surface area contributed by atoms with E-state index in [1.807, 2.05) is 7.05 Å². The molecule has 5 heteroatoms. The van der Waals surface area contributed by atoms with Gasteiger partial charge in [0.25, 0.3) is 0 Å². The highest BCUT2D eigenvalue weighted by Gasteiger charge is 2.16. The van der Waals surface area contributed by atoms with E-state index in [1.165, 1.54) is 25.8 Å². The van der Waals surface area contributed by atoms with E-state index >= 15 is 0 Å². The monoisotopic (exact) mass is 223 g/mol. The number of nitrogens with one attached hydrogen (secondary N) is 2. The minimum Gasteiger partial charge on any atom is -0.314 e. The lowest BCUT2D eigenvalue weighted by atomic mass is 10.1. The molecule has 2 rings (SSSR count). The van der Waals surface area contributed by atoms with E-state index in [4.69, 9.17) is 0 Å². The van der Waals surface area contributed by atoms with Gasteiger partial charge >= 0.3 is 0 Å². The lowest BCUT2D eigenvalue weighted by molar-refractivity contribution is 0.435. The summed E-state index contributed by atoms with van der Waals surface area (Å²) in [5.41, 5.74) is 0. The molecule has 0 aromatic carbocycles. The van der Waals surface area contributed by atoms with Crippen molar-refractivity contribution in [3.05, 3.63) is 12.2 Å². The molecule has 2 atom stereocenters. The van der Waals surface area contributed by atoms with Crippen molar-refractivity contribution in [2.75, 3.05) is 6.54 Å². The van der Waals surface area contributed by atoms with Gasteiger partial charge in [0.1, 0.15) is 6.33 Å². The zero-order valence-corrected chi connectivity index (χ0v) is 10.1. The number of nitrogens with zero attached hydrogens (tertiary/aromatic N) is 3. The summed E-state index contributed by atoms with van der Waals surface area (Å²) in [6.07, 6.45) is 5.56. The number of hydrogen-bond donors (Lipinski definition) is 2. The summed E-state index contributed by atoms with van der Waals surface area (Å²) in [5, 5.41) is 11.2. The molecule has 1 aliphatic rings. The third-order valence-electron chi connectivity index (χ3n) is 3.06. The maximum absolute atomic E-state index is 4.24. The van der Waals surface area contributed by atoms with Gasteiger partial charge in [-0.05, 0) is 32.7 Å². The Balaban J connectivity index is 1.68. The Morgan fingerprint density at radius 1 is 1.69 bits per heavy atom. The Morgan fingerprint density at radius 3 is 3.19 bits per heavy atom. The third kappa shape index (κ3) is 3.28. The summed E-state index contributed by atoms with van der Waals surface area (Å²) in [5.74, 6) is 0.869. The van der Waals surface area contributed by atoms with Gasteiger partial charge in [-0.25, -0.2) is 4.98 Å². The van der Waals surface area contributed by atoms with Crippen LogP contribution >= 0.6 is 0 Å². The molecular formula is C11H21N5. The van der Waals surface area contributed by atoms with Crippen LogP contribution in [0.2, 0.25) is 0 Å². The molecule has 1 saturated heterocycles. The van der Waals surface area contributed by atoms with Gasteiger partial charge in [-0.1, -0.05) is 0 Å². The average Bonchev–Trinajstić information content (AvgIpc) is 2.87. The zero-order valence-electron chi connectivity index (χ0n) is 10.1. The Morgan fingerprint density at radius 2 is 2.56 bits per heavy atom. The van der Waals surface area contributed by atoms with E-state index in [0.717, 1.165) is 12.4 Å². The molecule has 2 N–H and O–H groups in total. The van der Waals surface area contributed by atoms with Crippen LogP contribution in [0, 0.1) is 0 Å². The molecule has 0 saturated carbocycles. The highest BCUT2D eigenvalue weighted by Crippen LogP contribution is 2.10. The maximum Gasteiger partial charge on any atom is 0.164 e. The maximum atomic E-state index is 4.24. The smallest absolute Gasteiger partial charge is 0.164 e. The van der Waals surface area contributed by atoms with Crippen molar-refractivity contribution in [1.29, 1.82) is 0 Å². The van der Waals surface area contributed by atoms with E-state index in [-0.39, 0.29) is 0 Å². The Kier molecular flexibility index (Phi) is 3.90. The van der Waals surface area contributed by atoms with Gasteiger partial charge in [-0.15, -0.1) is 0 Å². The van der Waals surface area contributed by atoms with Crippen LogP contribution in [0.4, 0.5) is 0 Å². The second-order valence-electron chi connectivity index (χ2n) is 4.65. The molecule has 0 radical (unpaired) electrons. The second-order valence-corrected chi connectivity index (χ2v) is 4.65. The molecule has 1 aromatic rings. The molecule has 0 amide bonds. The molecule has 1 aromatic heterocycles. The van der Waals surface area contributed by atoms with Crippen molar-refractivity contribution in [3.63, 3.8) is 0 Å². The molecule has 0 spiro atoms. The first kappa shape index (κ1) is 11.5. The van der Waals surface area contributed by atoms with Gasteiger partial charge in [0.05, 0.1) is 6.54 Å². The summed E-state index contributed by atoms with van der Waals surface area (Å²) in [7, 11) is 1.89. The minimum absolute atomic E-state index is 0.513. The molecule has 1 aliphatic heterocycles. The fourth-order valence-corrected chi connectivity index (χ4v) is 2.20. The van der Waals surface area contributed by atoms with Crippen molar-refractivity contribution in [2.24, 2.45) is 7.05 Å². The summed E-state index contributed by atoms with van der Waals surface area (Å²) >= 11 is 0. The molecule has 0 aliphatic carbocycles. The van der Waals surface area contributed by atoms with Crippen molar-refractivity contribution < 1.29 is 0 Å². The highest BCUT2D eigenvalue weighted by atomic mass is 15.3. The minimum atomic E-state index is 0.513. The average molecular weight is 223 g/mol. The topological polar surface area (TPSA) is 54.8 Å². The van der Waals surface area contributed by atoms with Crippen LogP contribution in [-0.4, -0.2) is 33.4 Å². The van der Waals surface area contributed by atoms with E-state index in [0.29, 0.717) is 12.1 Å². The Bertz CT molecular complexity index is 316. The number of rotatable bonds is 5. The van der Waals surface area contributed by atoms with E-state index in [1.54, 1.807) is 11.0 Å². The number of aromatic nitrogens is 3. The molecule has 90 valence electrons. The standard InChI is InChI=1S/C11H21N5/c1-9(6-10-4-3-5-12-10)13-7-11-14-8-16(2)15-11/h8-10,12-13H,3-7H2,1-2H3. The predicted molar refractivity (Wildman–Crippen MR) is 62.9 cm³/mol. The predicted octanol–water partition coefficient (Wildman–Crippen LogP) is 0.435. The first-order chi connectivity index (χ1) is 7.74. The second kappa shape index (κ2) is 5.41. The SMILES string of the molecule is CC(CC1CCCN1)NCc1ncn(C)n1. The first-order valence-electron chi connectivity index (χ1n) is 6.05. The molecule has 0 bridgehead atoms. The molecule has 2 unspecified atom stereocenters. The van der Waals surface area contributed by atoms with Gasteiger partial charge < -0.3 is 10.6 Å². The van der Waals surface area contributed by atoms with Crippen LogP contribution in [0.3, 0.4) is 0 Å². The fourth-order valence-electron chi connectivity index (χ4n) is 2.20. The number of hydrogen-bond acceptors (Lipinski definition) is 4. The summed E-state index contributed by atoms with van der Waals surface area (Å²) in [6, 6.07) is 1.21. The third-order valence-corrected chi connectivity index (χ3v) is 3.06. The van der Waals surface area contributed by atoms with E-state index < -0.39 is 0 Å². The summed E-state index contributed by atoms with van der Waals surface area (Å²) < 4.78 is 1.74. The van der Waals surface area contributed by atoms with E-state index in [9.17, 15) is 0 Å². The van der Waals surface area contributed by atoms with Gasteiger partial charge in [0.15, 0.2) is 5.82 Å². The fraction of sp³-hybridized carbons (Fsp3) is 0.818. The molecule has 2 heterocycles. The van der Waals surface area contributed by atoms with Gasteiger partial charge in [0, 0.05) is 19.1 Å². The summed E-state index contributed by atoms with van der Waals surface area (Å²) in [4.78, 5) is 4.19. The Hall–Kier alpha value is -0.940. The van der Waals surface area contributed by atoms with Crippen LogP contribution in [0.1, 0.15) is 32.0 Å². The van der Waals surface area contributed by atoms with Crippen LogP contribution in [-0.2, 0) is 13.6 Å². The van der Waals surface area contributed by atoms with E-state index in [2.05, 4.69) is 27.6 Å². The lowest BCUT2D eigenvalue weighted by Gasteiger charge is -2.17. The molecular weight excluding hydrogens is 202 g/mol. The van der Waals surface area contributed by atoms with Gasteiger partial charge in [0.2, 0.25) is 0 Å². The van der Waals surface area contributed by atoms with Gasteiger partial charge in [-0.2, -0.15) is 5.10 Å². The Labute approximate surface area is 96.6 Å². The van der Waals surface area contributed by atoms with Crippen LogP contribution < -0.4 is 10.6 Å². The normalized spacial score (nSPS) is 22.5. The van der Waals surface area contributed by atoms with Crippen molar-refractivity contribution >= 4 is 0 Å². The van der Waals surface area contributed by atoms with Crippen molar-refractivity contribution in [2.45, 2.75) is 44.8 Å². The molecule has 1 fully saturated rings. The quantitative estimate of drug-likeness (QED) is 0.760. The lowest BCUT2D eigenvalue weighted by Crippen LogP contribution is -2.33. The summed E-state index contributed by atoms with van der Waals surface area (Å²) in [6.45, 7) is 4.16. The van der Waals surface area contributed by atoms with Crippen molar-refractivity contribution in [3.8, 4) is 0 Å². The largest absolute Gasteiger partial charge is 0.314 e. The highest BCUT2D eigenvalue weighted by molar-refractivity contribution is 4.83. The van der Waals surface area contributed by atoms with Crippen LogP contribution in [0.25, 0.3) is 0 Å². The number of aryl methyl sites for hydroxylation is 1. The first-order valence-corrected chi connectivity index (χ1v) is 6.05. The van der Waals surface area contributed by atoms with Crippen LogP contribution in [0.15, 0.2) is 6.33 Å².